The first-order chi connectivity index (χ1) is 7.56. The van der Waals surface area contributed by atoms with Crippen molar-refractivity contribution in [2.75, 3.05) is 18.9 Å². The van der Waals surface area contributed by atoms with Crippen LogP contribution >= 0.6 is 15.9 Å². The zero-order chi connectivity index (χ0) is 12.1. The van der Waals surface area contributed by atoms with Crippen LogP contribution in [0, 0.1) is 12.8 Å². The normalized spacial score (nSPS) is 12.2. The van der Waals surface area contributed by atoms with Crippen molar-refractivity contribution in [3.8, 4) is 0 Å². The second-order valence-electron chi connectivity index (χ2n) is 3.88. The first-order valence-corrected chi connectivity index (χ1v) is 6.06. The summed E-state index contributed by atoms with van der Waals surface area (Å²) in [6.07, 6.45) is 0. The SMILES string of the molecule is CNCC(C)C(=O)Nc1cccc(C)c1Br. The standard InChI is InChI=1S/C12H17BrN2O/c1-8-5-4-6-10(11(8)13)15-12(16)9(2)7-14-3/h4-6,9,14H,7H2,1-3H3,(H,15,16). The van der Waals surface area contributed by atoms with Crippen LogP contribution < -0.4 is 10.6 Å². The second-order valence-corrected chi connectivity index (χ2v) is 4.68. The van der Waals surface area contributed by atoms with Crippen LogP contribution in [0.25, 0.3) is 0 Å². The van der Waals surface area contributed by atoms with Crippen LogP contribution in [0.1, 0.15) is 12.5 Å². The Balaban J connectivity index is 2.73. The molecule has 1 atom stereocenters. The van der Waals surface area contributed by atoms with E-state index in [1.165, 1.54) is 0 Å². The predicted molar refractivity (Wildman–Crippen MR) is 70.6 cm³/mol. The summed E-state index contributed by atoms with van der Waals surface area (Å²) in [7, 11) is 1.84. The molecule has 0 aromatic heterocycles. The van der Waals surface area contributed by atoms with Gasteiger partial charge in [-0.3, -0.25) is 4.79 Å². The van der Waals surface area contributed by atoms with Crippen LogP contribution in [-0.4, -0.2) is 19.5 Å². The van der Waals surface area contributed by atoms with Crippen LogP contribution in [0.2, 0.25) is 0 Å². The zero-order valence-corrected chi connectivity index (χ0v) is 11.4. The molecule has 0 heterocycles. The molecule has 16 heavy (non-hydrogen) atoms. The molecule has 1 rings (SSSR count). The van der Waals surface area contributed by atoms with Gasteiger partial charge in [0.25, 0.3) is 0 Å². The summed E-state index contributed by atoms with van der Waals surface area (Å²) in [5.74, 6) is -0.0157. The Morgan fingerprint density at radius 1 is 1.50 bits per heavy atom. The van der Waals surface area contributed by atoms with Gasteiger partial charge in [0, 0.05) is 16.9 Å². The Morgan fingerprint density at radius 3 is 2.81 bits per heavy atom. The van der Waals surface area contributed by atoms with Gasteiger partial charge in [-0.1, -0.05) is 19.1 Å². The van der Waals surface area contributed by atoms with Crippen molar-refractivity contribution in [1.82, 2.24) is 5.32 Å². The molecule has 0 aliphatic heterocycles. The average molecular weight is 285 g/mol. The highest BCUT2D eigenvalue weighted by Crippen LogP contribution is 2.25. The molecular formula is C12H17BrN2O. The van der Waals surface area contributed by atoms with Crippen molar-refractivity contribution in [3.05, 3.63) is 28.2 Å². The Bertz CT molecular complexity index is 379. The second kappa shape index (κ2) is 6.01. The number of anilines is 1. The molecular weight excluding hydrogens is 268 g/mol. The molecule has 4 heteroatoms. The number of hydrogen-bond acceptors (Lipinski definition) is 2. The highest BCUT2D eigenvalue weighted by atomic mass is 79.9. The molecule has 3 nitrogen and oxygen atoms in total. The van der Waals surface area contributed by atoms with Crippen LogP contribution in [-0.2, 0) is 4.79 Å². The zero-order valence-electron chi connectivity index (χ0n) is 9.80. The minimum Gasteiger partial charge on any atom is -0.325 e. The maximum atomic E-state index is 11.8. The number of nitrogens with one attached hydrogen (secondary N) is 2. The number of aryl methyl sites for hydroxylation is 1. The van der Waals surface area contributed by atoms with E-state index in [0.29, 0.717) is 6.54 Å². The molecule has 0 aliphatic carbocycles. The number of amides is 1. The van der Waals surface area contributed by atoms with Crippen LogP contribution in [0.4, 0.5) is 5.69 Å². The summed E-state index contributed by atoms with van der Waals surface area (Å²) in [5.41, 5.74) is 1.94. The molecule has 1 aromatic carbocycles. The van der Waals surface area contributed by atoms with Crippen molar-refractivity contribution in [2.24, 2.45) is 5.92 Å². The van der Waals surface area contributed by atoms with Crippen molar-refractivity contribution >= 4 is 27.5 Å². The van der Waals surface area contributed by atoms with Crippen molar-refractivity contribution < 1.29 is 4.79 Å². The third kappa shape index (κ3) is 3.32. The van der Waals surface area contributed by atoms with Gasteiger partial charge in [0.15, 0.2) is 0 Å². The summed E-state index contributed by atoms with van der Waals surface area (Å²) in [4.78, 5) is 11.8. The van der Waals surface area contributed by atoms with E-state index in [2.05, 4.69) is 26.6 Å². The largest absolute Gasteiger partial charge is 0.325 e. The lowest BCUT2D eigenvalue weighted by Crippen LogP contribution is -2.28. The smallest absolute Gasteiger partial charge is 0.228 e. The van der Waals surface area contributed by atoms with Crippen molar-refractivity contribution in [2.45, 2.75) is 13.8 Å². The van der Waals surface area contributed by atoms with Crippen molar-refractivity contribution in [3.63, 3.8) is 0 Å². The van der Waals surface area contributed by atoms with Gasteiger partial charge < -0.3 is 10.6 Å². The topological polar surface area (TPSA) is 41.1 Å². The summed E-state index contributed by atoms with van der Waals surface area (Å²) < 4.78 is 0.944. The monoisotopic (exact) mass is 284 g/mol. The average Bonchev–Trinajstić information content (AvgIpc) is 2.25. The molecule has 1 amide bonds. The van der Waals surface area contributed by atoms with Gasteiger partial charge in [-0.15, -0.1) is 0 Å². The fourth-order valence-electron chi connectivity index (χ4n) is 1.40. The van der Waals surface area contributed by atoms with E-state index < -0.39 is 0 Å². The van der Waals surface area contributed by atoms with Crippen LogP contribution in [0.15, 0.2) is 22.7 Å². The minimum absolute atomic E-state index is 0.0284. The van der Waals surface area contributed by atoms with Gasteiger partial charge in [-0.05, 0) is 41.5 Å². The predicted octanol–water partition coefficient (Wildman–Crippen LogP) is 2.55. The van der Waals surface area contributed by atoms with E-state index in [-0.39, 0.29) is 11.8 Å². The Kier molecular flexibility index (Phi) is 4.96. The van der Waals surface area contributed by atoms with E-state index >= 15 is 0 Å². The van der Waals surface area contributed by atoms with Gasteiger partial charge in [-0.25, -0.2) is 0 Å². The molecule has 0 bridgehead atoms. The molecule has 88 valence electrons. The third-order valence-electron chi connectivity index (χ3n) is 2.41. The van der Waals surface area contributed by atoms with Gasteiger partial charge in [0.05, 0.1) is 5.69 Å². The summed E-state index contributed by atoms with van der Waals surface area (Å²) in [6, 6.07) is 5.82. The molecule has 0 saturated carbocycles. The van der Waals surface area contributed by atoms with E-state index in [1.54, 1.807) is 0 Å². The van der Waals surface area contributed by atoms with Crippen LogP contribution in [0.3, 0.4) is 0 Å². The highest BCUT2D eigenvalue weighted by molar-refractivity contribution is 9.10. The first kappa shape index (κ1) is 13.2. The lowest BCUT2D eigenvalue weighted by molar-refractivity contribution is -0.119. The summed E-state index contributed by atoms with van der Waals surface area (Å²) in [6.45, 7) is 4.57. The molecule has 1 aromatic rings. The number of halogens is 1. The highest BCUT2D eigenvalue weighted by Gasteiger charge is 2.13. The fraction of sp³-hybridized carbons (Fsp3) is 0.417. The maximum absolute atomic E-state index is 11.8. The third-order valence-corrected chi connectivity index (χ3v) is 3.46. The fourth-order valence-corrected chi connectivity index (χ4v) is 1.76. The van der Waals surface area contributed by atoms with Gasteiger partial charge in [0.2, 0.25) is 5.91 Å². The van der Waals surface area contributed by atoms with E-state index in [1.807, 2.05) is 39.1 Å². The number of benzene rings is 1. The molecule has 2 N–H and O–H groups in total. The van der Waals surface area contributed by atoms with E-state index in [0.717, 1.165) is 15.7 Å². The number of rotatable bonds is 4. The molecule has 1 unspecified atom stereocenters. The Labute approximate surface area is 105 Å². The lowest BCUT2D eigenvalue weighted by atomic mass is 10.1. The summed E-state index contributed by atoms with van der Waals surface area (Å²) >= 11 is 3.47. The molecule has 0 spiro atoms. The number of hydrogen-bond donors (Lipinski definition) is 2. The van der Waals surface area contributed by atoms with Crippen molar-refractivity contribution in [1.29, 1.82) is 0 Å². The van der Waals surface area contributed by atoms with Gasteiger partial charge in [0.1, 0.15) is 0 Å². The Hall–Kier alpha value is -0.870. The quantitative estimate of drug-likeness (QED) is 0.892. The molecule has 0 fully saturated rings. The number of carbonyl (C=O) groups is 1. The first-order valence-electron chi connectivity index (χ1n) is 5.26. The van der Waals surface area contributed by atoms with E-state index in [9.17, 15) is 4.79 Å². The van der Waals surface area contributed by atoms with E-state index in [4.69, 9.17) is 0 Å². The lowest BCUT2D eigenvalue weighted by Gasteiger charge is -2.13. The van der Waals surface area contributed by atoms with Gasteiger partial charge >= 0.3 is 0 Å². The molecule has 0 aliphatic rings. The van der Waals surface area contributed by atoms with Crippen LogP contribution in [0.5, 0.6) is 0 Å². The Morgan fingerprint density at radius 2 is 2.19 bits per heavy atom. The molecule has 0 saturated heterocycles. The number of carbonyl (C=O) groups excluding carboxylic acids is 1. The maximum Gasteiger partial charge on any atom is 0.228 e. The minimum atomic E-state index is -0.0441. The van der Waals surface area contributed by atoms with Gasteiger partial charge in [-0.2, -0.15) is 0 Å². The summed E-state index contributed by atoms with van der Waals surface area (Å²) in [5, 5.41) is 5.90. The molecule has 0 radical (unpaired) electrons.